The molecule has 0 fully saturated rings. The number of benzene rings is 1. The van der Waals surface area contributed by atoms with Gasteiger partial charge in [0.15, 0.2) is 0 Å². The van der Waals surface area contributed by atoms with Gasteiger partial charge in [-0.05, 0) is 24.3 Å². The summed E-state index contributed by atoms with van der Waals surface area (Å²) in [6, 6.07) is 6.24. The zero-order valence-corrected chi connectivity index (χ0v) is 17.0. The highest BCUT2D eigenvalue weighted by Crippen LogP contribution is 2.40. The van der Waals surface area contributed by atoms with Crippen molar-refractivity contribution in [3.63, 3.8) is 0 Å². The van der Waals surface area contributed by atoms with Crippen LogP contribution in [-0.4, -0.2) is 8.42 Å². The first-order chi connectivity index (χ1) is 11.3. The lowest BCUT2D eigenvalue weighted by Crippen LogP contribution is -2.14. The van der Waals surface area contributed by atoms with E-state index in [1.165, 1.54) is 34.8 Å². The molecule has 0 amide bonds. The molecular formula is C14H7Cl4NO2S3. The summed E-state index contributed by atoms with van der Waals surface area (Å²) in [5, 5.41) is 3.70. The van der Waals surface area contributed by atoms with Crippen molar-refractivity contribution in [3.05, 3.63) is 54.4 Å². The van der Waals surface area contributed by atoms with E-state index in [0.717, 1.165) is 10.4 Å². The minimum absolute atomic E-state index is 0.0454. The second-order valence-electron chi connectivity index (χ2n) is 4.61. The third-order valence-electron chi connectivity index (χ3n) is 2.98. The second kappa shape index (κ2) is 7.03. The molecule has 0 spiro atoms. The highest BCUT2D eigenvalue weighted by Gasteiger charge is 2.24. The lowest BCUT2D eigenvalue weighted by atomic mass is 10.2. The van der Waals surface area contributed by atoms with Gasteiger partial charge in [0.2, 0.25) is 0 Å². The summed E-state index contributed by atoms with van der Waals surface area (Å²) in [5.74, 6) is 0. The van der Waals surface area contributed by atoms with E-state index in [0.29, 0.717) is 10.0 Å². The van der Waals surface area contributed by atoms with E-state index >= 15 is 0 Å². The fraction of sp³-hybridized carbons (Fsp3) is 0. The van der Waals surface area contributed by atoms with Crippen LogP contribution in [0.4, 0.5) is 5.69 Å². The van der Waals surface area contributed by atoms with Crippen LogP contribution in [0, 0.1) is 0 Å². The predicted octanol–water partition coefficient (Wildman–Crippen LogP) is 6.89. The zero-order valence-electron chi connectivity index (χ0n) is 11.5. The van der Waals surface area contributed by atoms with Gasteiger partial charge in [0.05, 0.1) is 20.1 Å². The largest absolute Gasteiger partial charge is 0.278 e. The molecule has 0 saturated heterocycles. The van der Waals surface area contributed by atoms with E-state index < -0.39 is 10.0 Å². The summed E-state index contributed by atoms with van der Waals surface area (Å²) >= 11 is 26.5. The number of nitrogens with one attached hydrogen (secondary N) is 1. The van der Waals surface area contributed by atoms with E-state index in [-0.39, 0.29) is 20.0 Å². The van der Waals surface area contributed by atoms with Gasteiger partial charge in [0, 0.05) is 26.2 Å². The summed E-state index contributed by atoms with van der Waals surface area (Å²) in [7, 11) is -3.98. The minimum atomic E-state index is -3.98. The number of thiophene rings is 2. The lowest BCUT2D eigenvalue weighted by molar-refractivity contribution is 0.601. The molecule has 0 unspecified atom stereocenters. The van der Waals surface area contributed by atoms with Gasteiger partial charge in [-0.15, -0.1) is 22.7 Å². The van der Waals surface area contributed by atoms with Crippen LogP contribution < -0.4 is 4.72 Å². The number of halogens is 4. The first-order valence-electron chi connectivity index (χ1n) is 6.27. The molecule has 2 aromatic heterocycles. The summed E-state index contributed by atoms with van der Waals surface area (Å²) in [6.45, 7) is 0. The molecule has 1 aromatic carbocycles. The molecule has 10 heteroatoms. The van der Waals surface area contributed by atoms with E-state index in [1.807, 2.05) is 11.4 Å². The predicted molar refractivity (Wildman–Crippen MR) is 105 cm³/mol. The van der Waals surface area contributed by atoms with Crippen LogP contribution in [0.5, 0.6) is 0 Å². The molecule has 0 bridgehead atoms. The fourth-order valence-electron chi connectivity index (χ4n) is 2.01. The average molecular weight is 459 g/mol. The fourth-order valence-corrected chi connectivity index (χ4v) is 6.63. The molecule has 126 valence electrons. The van der Waals surface area contributed by atoms with Crippen molar-refractivity contribution >= 4 is 84.8 Å². The van der Waals surface area contributed by atoms with Crippen molar-refractivity contribution in [1.29, 1.82) is 0 Å². The number of anilines is 1. The van der Waals surface area contributed by atoms with Crippen molar-refractivity contribution in [1.82, 2.24) is 0 Å². The number of rotatable bonds is 4. The zero-order chi connectivity index (χ0) is 17.5. The first-order valence-corrected chi connectivity index (χ1v) is 11.0. The van der Waals surface area contributed by atoms with Gasteiger partial charge in [-0.3, -0.25) is 4.72 Å². The molecule has 0 atom stereocenters. The van der Waals surface area contributed by atoms with E-state index in [4.69, 9.17) is 46.4 Å². The quantitative estimate of drug-likeness (QED) is 0.462. The Balaban J connectivity index is 2.02. The molecule has 0 aliphatic carbocycles. The molecule has 1 N–H and O–H groups in total. The molecule has 3 nitrogen and oxygen atoms in total. The maximum Gasteiger partial charge on any atom is 0.264 e. The maximum absolute atomic E-state index is 12.7. The van der Waals surface area contributed by atoms with Gasteiger partial charge >= 0.3 is 0 Å². The summed E-state index contributed by atoms with van der Waals surface area (Å²) in [6.07, 6.45) is 0. The van der Waals surface area contributed by atoms with Crippen LogP contribution in [0.3, 0.4) is 0 Å². The normalized spacial score (nSPS) is 11.7. The lowest BCUT2D eigenvalue weighted by Gasteiger charge is -2.11. The Hall–Kier alpha value is -0.470. The van der Waals surface area contributed by atoms with Crippen molar-refractivity contribution in [2.24, 2.45) is 0 Å². The number of hydrogen-bond donors (Lipinski definition) is 1. The molecule has 0 radical (unpaired) electrons. The molecule has 3 aromatic rings. The van der Waals surface area contributed by atoms with Crippen molar-refractivity contribution in [2.75, 3.05) is 4.72 Å². The van der Waals surface area contributed by atoms with Gasteiger partial charge < -0.3 is 0 Å². The van der Waals surface area contributed by atoms with Crippen molar-refractivity contribution in [3.8, 4) is 10.4 Å². The summed E-state index contributed by atoms with van der Waals surface area (Å²) in [4.78, 5) is 0.642. The highest BCUT2D eigenvalue weighted by molar-refractivity contribution is 7.93. The summed E-state index contributed by atoms with van der Waals surface area (Å²) < 4.78 is 28.5. The SMILES string of the molecule is O=S(=O)(Nc1cscc1-c1ccc(Cl)s1)c1c(Cl)cc(Cl)cc1Cl. The van der Waals surface area contributed by atoms with E-state index in [9.17, 15) is 8.42 Å². The maximum atomic E-state index is 12.7. The number of sulfonamides is 1. The van der Waals surface area contributed by atoms with Gasteiger partial charge in [-0.25, -0.2) is 8.42 Å². The Morgan fingerprint density at radius 3 is 2.21 bits per heavy atom. The Morgan fingerprint density at radius 2 is 1.62 bits per heavy atom. The minimum Gasteiger partial charge on any atom is -0.278 e. The second-order valence-corrected chi connectivity index (χ2v) is 9.94. The van der Waals surface area contributed by atoms with Crippen LogP contribution in [0.2, 0.25) is 19.4 Å². The Bertz CT molecular complexity index is 988. The molecule has 3 rings (SSSR count). The first kappa shape index (κ1) is 18.3. The van der Waals surface area contributed by atoms with Crippen LogP contribution in [-0.2, 0) is 10.0 Å². The Morgan fingerprint density at radius 1 is 0.958 bits per heavy atom. The average Bonchev–Trinajstić information content (AvgIpc) is 3.05. The Kier molecular flexibility index (Phi) is 5.37. The van der Waals surface area contributed by atoms with Crippen LogP contribution in [0.1, 0.15) is 0 Å². The van der Waals surface area contributed by atoms with Gasteiger partial charge in [-0.2, -0.15) is 0 Å². The third-order valence-corrected chi connectivity index (χ3v) is 7.49. The van der Waals surface area contributed by atoms with E-state index in [1.54, 1.807) is 11.4 Å². The molecular weight excluding hydrogens is 452 g/mol. The van der Waals surface area contributed by atoms with Gasteiger partial charge in [-0.1, -0.05) is 46.4 Å². The van der Waals surface area contributed by atoms with Crippen LogP contribution in [0.15, 0.2) is 39.9 Å². The molecule has 24 heavy (non-hydrogen) atoms. The molecule has 0 aliphatic heterocycles. The van der Waals surface area contributed by atoms with Crippen molar-refractivity contribution < 1.29 is 8.42 Å². The van der Waals surface area contributed by atoms with Gasteiger partial charge in [0.25, 0.3) is 10.0 Å². The van der Waals surface area contributed by atoms with Crippen molar-refractivity contribution in [2.45, 2.75) is 4.90 Å². The molecule has 2 heterocycles. The van der Waals surface area contributed by atoms with Crippen LogP contribution >= 0.6 is 69.1 Å². The molecule has 0 saturated carbocycles. The number of hydrogen-bond acceptors (Lipinski definition) is 4. The van der Waals surface area contributed by atoms with E-state index in [2.05, 4.69) is 4.72 Å². The topological polar surface area (TPSA) is 46.2 Å². The van der Waals surface area contributed by atoms with Crippen LogP contribution in [0.25, 0.3) is 10.4 Å². The molecule has 0 aliphatic rings. The third kappa shape index (κ3) is 3.70. The summed E-state index contributed by atoms with van der Waals surface area (Å²) in [5.41, 5.74) is 1.17. The standard InChI is InChI=1S/C14H7Cl4NO2S3/c15-7-3-9(16)14(10(17)4-7)24(20,21)19-11-6-22-5-8(11)12-1-2-13(18)23-12/h1-6,19H. The Labute approximate surface area is 166 Å². The highest BCUT2D eigenvalue weighted by atomic mass is 35.5. The van der Waals surface area contributed by atoms with Gasteiger partial charge in [0.1, 0.15) is 4.90 Å². The smallest absolute Gasteiger partial charge is 0.264 e. The monoisotopic (exact) mass is 457 g/mol.